The maximum absolute atomic E-state index is 12.8. The summed E-state index contributed by atoms with van der Waals surface area (Å²) in [5.74, 6) is 0.910. The van der Waals surface area contributed by atoms with E-state index in [0.29, 0.717) is 12.4 Å². The van der Waals surface area contributed by atoms with Gasteiger partial charge in [0.1, 0.15) is 12.4 Å². The van der Waals surface area contributed by atoms with Gasteiger partial charge in [0.25, 0.3) is 0 Å². The number of rotatable bonds is 1. The van der Waals surface area contributed by atoms with E-state index in [1.165, 1.54) is 6.33 Å². The third kappa shape index (κ3) is 2.14. The number of hydrogen-bond donors (Lipinski definition) is 1. The Labute approximate surface area is 140 Å². The first-order valence-corrected chi connectivity index (χ1v) is 8.73. The van der Waals surface area contributed by atoms with Gasteiger partial charge in [0.15, 0.2) is 5.78 Å². The molecular formula is C15H15BrN4OS. The minimum atomic E-state index is -0.173. The molecule has 2 aliphatic rings. The molecule has 5 nitrogen and oxygen atoms in total. The van der Waals surface area contributed by atoms with Gasteiger partial charge in [-0.15, -0.1) is 11.3 Å². The average Bonchev–Trinajstić information content (AvgIpc) is 3.03. The third-order valence-electron chi connectivity index (χ3n) is 4.14. The van der Waals surface area contributed by atoms with Crippen molar-refractivity contribution in [1.82, 2.24) is 14.8 Å². The number of thiophene rings is 1. The molecule has 1 aliphatic heterocycles. The molecule has 1 atom stereocenters. The van der Waals surface area contributed by atoms with Crippen LogP contribution in [0.3, 0.4) is 0 Å². The van der Waals surface area contributed by atoms with E-state index in [-0.39, 0.29) is 17.2 Å². The number of carbonyl (C=O) groups excluding carboxylic acids is 1. The largest absolute Gasteiger partial charge is 0.328 e. The molecule has 7 heteroatoms. The van der Waals surface area contributed by atoms with Gasteiger partial charge in [-0.25, -0.2) is 4.68 Å². The lowest BCUT2D eigenvalue weighted by Gasteiger charge is -2.37. The number of ketones is 1. The molecule has 0 fully saturated rings. The molecule has 0 aromatic carbocycles. The normalized spacial score (nSPS) is 23.0. The van der Waals surface area contributed by atoms with E-state index < -0.39 is 0 Å². The molecule has 0 saturated heterocycles. The molecular weight excluding hydrogens is 364 g/mol. The van der Waals surface area contributed by atoms with Crippen LogP contribution < -0.4 is 5.32 Å². The number of fused-ring (bicyclic) bond motifs is 1. The van der Waals surface area contributed by atoms with E-state index in [9.17, 15) is 4.79 Å². The first kappa shape index (κ1) is 14.1. The predicted octanol–water partition coefficient (Wildman–Crippen LogP) is 3.76. The highest BCUT2D eigenvalue weighted by Crippen LogP contribution is 2.46. The van der Waals surface area contributed by atoms with Crippen molar-refractivity contribution < 1.29 is 4.79 Å². The summed E-state index contributed by atoms with van der Waals surface area (Å²) >= 11 is 5.14. The Kier molecular flexibility index (Phi) is 3.06. The highest BCUT2D eigenvalue weighted by molar-refractivity contribution is 9.11. The fraction of sp³-hybridized carbons (Fsp3) is 0.400. The molecule has 114 valence electrons. The third-order valence-corrected chi connectivity index (χ3v) is 5.81. The molecule has 0 radical (unpaired) electrons. The highest BCUT2D eigenvalue weighted by atomic mass is 79.9. The Balaban J connectivity index is 1.90. The van der Waals surface area contributed by atoms with Crippen molar-refractivity contribution in [3.05, 3.63) is 38.4 Å². The van der Waals surface area contributed by atoms with Gasteiger partial charge in [0.2, 0.25) is 5.95 Å². The van der Waals surface area contributed by atoms with Crippen molar-refractivity contribution in [2.75, 3.05) is 5.32 Å². The zero-order chi connectivity index (χ0) is 15.5. The van der Waals surface area contributed by atoms with Crippen LogP contribution in [0.4, 0.5) is 5.95 Å². The number of halogens is 1. The average molecular weight is 379 g/mol. The summed E-state index contributed by atoms with van der Waals surface area (Å²) in [6.45, 7) is 4.26. The molecule has 0 unspecified atom stereocenters. The number of anilines is 1. The lowest BCUT2D eigenvalue weighted by atomic mass is 9.73. The molecule has 2 aromatic heterocycles. The second kappa shape index (κ2) is 4.76. The summed E-state index contributed by atoms with van der Waals surface area (Å²) in [5.41, 5.74) is 1.81. The number of hydrogen-bond acceptors (Lipinski definition) is 5. The molecule has 1 N–H and O–H groups in total. The molecule has 0 amide bonds. The minimum Gasteiger partial charge on any atom is -0.328 e. The summed E-state index contributed by atoms with van der Waals surface area (Å²) in [5, 5.41) is 7.65. The Morgan fingerprint density at radius 3 is 2.95 bits per heavy atom. The zero-order valence-electron chi connectivity index (χ0n) is 12.3. The smallest absolute Gasteiger partial charge is 0.226 e. The first-order chi connectivity index (χ1) is 10.4. The summed E-state index contributed by atoms with van der Waals surface area (Å²) in [6.07, 6.45) is 2.95. The lowest BCUT2D eigenvalue weighted by Crippen LogP contribution is -2.36. The predicted molar refractivity (Wildman–Crippen MR) is 88.9 cm³/mol. The van der Waals surface area contributed by atoms with E-state index in [1.807, 2.05) is 16.8 Å². The van der Waals surface area contributed by atoms with E-state index in [4.69, 9.17) is 0 Å². The second-order valence-electron chi connectivity index (χ2n) is 6.53. The standard InChI is InChI=1S/C15H15BrN4OS/c1-15(2)5-8-12(9(21)6-15)13(10-3-4-11(16)22-10)20-14(19-8)17-7-18-20/h3-4,7,13H,5-6H2,1-2H3,(H,17,18,19)/t13-/m0/s1. The highest BCUT2D eigenvalue weighted by Gasteiger charge is 2.41. The number of carbonyl (C=O) groups is 1. The van der Waals surface area contributed by atoms with E-state index >= 15 is 0 Å². The van der Waals surface area contributed by atoms with Crippen molar-refractivity contribution in [3.63, 3.8) is 0 Å². The quantitative estimate of drug-likeness (QED) is 0.820. The molecule has 0 bridgehead atoms. The molecule has 4 rings (SSSR count). The van der Waals surface area contributed by atoms with Gasteiger partial charge < -0.3 is 5.32 Å². The monoisotopic (exact) mass is 378 g/mol. The Bertz CT molecular complexity index is 804. The summed E-state index contributed by atoms with van der Waals surface area (Å²) < 4.78 is 2.86. The van der Waals surface area contributed by atoms with Gasteiger partial charge in [0.05, 0.1) is 3.79 Å². The second-order valence-corrected chi connectivity index (χ2v) is 9.03. The molecule has 1 aliphatic carbocycles. The first-order valence-electron chi connectivity index (χ1n) is 7.13. The minimum absolute atomic E-state index is 0.0221. The van der Waals surface area contributed by atoms with E-state index in [1.54, 1.807) is 11.3 Å². The van der Waals surface area contributed by atoms with Crippen LogP contribution in [0, 0.1) is 5.41 Å². The van der Waals surface area contributed by atoms with Crippen molar-refractivity contribution in [2.45, 2.75) is 32.7 Å². The van der Waals surface area contributed by atoms with Crippen molar-refractivity contribution in [1.29, 1.82) is 0 Å². The van der Waals surface area contributed by atoms with Gasteiger partial charge in [-0.2, -0.15) is 10.1 Å². The van der Waals surface area contributed by atoms with Gasteiger partial charge in [-0.3, -0.25) is 4.79 Å². The van der Waals surface area contributed by atoms with Crippen LogP contribution in [0.25, 0.3) is 0 Å². The number of nitrogens with one attached hydrogen (secondary N) is 1. The van der Waals surface area contributed by atoms with Gasteiger partial charge >= 0.3 is 0 Å². The fourth-order valence-corrected chi connectivity index (χ4v) is 4.81. The van der Waals surface area contributed by atoms with Crippen LogP contribution in [0.15, 0.2) is 33.5 Å². The van der Waals surface area contributed by atoms with Gasteiger partial charge in [0, 0.05) is 22.6 Å². The van der Waals surface area contributed by atoms with E-state index in [0.717, 1.165) is 26.4 Å². The number of nitrogens with zero attached hydrogens (tertiary/aromatic N) is 3. The number of allylic oxidation sites excluding steroid dienone is 2. The van der Waals surface area contributed by atoms with Crippen molar-refractivity contribution in [2.24, 2.45) is 5.41 Å². The van der Waals surface area contributed by atoms with Crippen LogP contribution >= 0.6 is 27.3 Å². The zero-order valence-corrected chi connectivity index (χ0v) is 14.7. The molecule has 0 spiro atoms. The van der Waals surface area contributed by atoms with Crippen LogP contribution in [0.1, 0.15) is 37.6 Å². The SMILES string of the molecule is CC1(C)CC(=O)C2=C(C1)Nc1ncnn1[C@H]2c1ccc(Br)s1. The number of aromatic nitrogens is 3. The van der Waals surface area contributed by atoms with Crippen molar-refractivity contribution >= 4 is 39.0 Å². The maximum Gasteiger partial charge on any atom is 0.226 e. The van der Waals surface area contributed by atoms with Gasteiger partial charge in [-0.05, 0) is 39.9 Å². The van der Waals surface area contributed by atoms with Crippen molar-refractivity contribution in [3.8, 4) is 0 Å². The van der Waals surface area contributed by atoms with E-state index in [2.05, 4.69) is 45.2 Å². The summed E-state index contributed by atoms with van der Waals surface area (Å²) in [4.78, 5) is 18.2. The Morgan fingerprint density at radius 1 is 1.41 bits per heavy atom. The number of Topliss-reactive ketones (excluding diaryl/α,β-unsaturated/α-hetero) is 1. The summed E-state index contributed by atoms with van der Waals surface area (Å²) in [7, 11) is 0. The van der Waals surface area contributed by atoms with Gasteiger partial charge in [-0.1, -0.05) is 13.8 Å². The fourth-order valence-electron chi connectivity index (χ4n) is 3.29. The molecule has 3 heterocycles. The van der Waals surface area contributed by atoms with Crippen LogP contribution in [-0.4, -0.2) is 20.5 Å². The van der Waals surface area contributed by atoms with Crippen LogP contribution in [-0.2, 0) is 4.79 Å². The maximum atomic E-state index is 12.8. The Morgan fingerprint density at radius 2 is 2.23 bits per heavy atom. The molecule has 22 heavy (non-hydrogen) atoms. The summed E-state index contributed by atoms with van der Waals surface area (Å²) in [6, 6.07) is 3.89. The van der Waals surface area contributed by atoms with Crippen LogP contribution in [0.5, 0.6) is 0 Å². The topological polar surface area (TPSA) is 59.8 Å². The van der Waals surface area contributed by atoms with Crippen LogP contribution in [0.2, 0.25) is 0 Å². The lowest BCUT2D eigenvalue weighted by molar-refractivity contribution is -0.118. The Hall–Kier alpha value is -1.47. The molecule has 0 saturated carbocycles. The molecule has 2 aromatic rings.